The maximum atomic E-state index is 13.1. The molecule has 8 heteroatoms. The van der Waals surface area contributed by atoms with Gasteiger partial charge in [-0.3, -0.25) is 0 Å². The zero-order valence-corrected chi connectivity index (χ0v) is 19.8. The smallest absolute Gasteiger partial charge is 0.141 e. The van der Waals surface area contributed by atoms with Gasteiger partial charge in [0.15, 0.2) is 0 Å². The van der Waals surface area contributed by atoms with Crippen LogP contribution in [0.15, 0.2) is 60.9 Å². The summed E-state index contributed by atoms with van der Waals surface area (Å²) in [4.78, 5) is 7.20. The fourth-order valence-electron chi connectivity index (χ4n) is 4.38. The molecule has 1 N–H and O–H groups in total. The predicted molar refractivity (Wildman–Crippen MR) is 133 cm³/mol. The Hall–Kier alpha value is -3.29. The Morgan fingerprint density at radius 1 is 1.09 bits per heavy atom. The van der Waals surface area contributed by atoms with E-state index in [9.17, 15) is 4.39 Å². The summed E-state index contributed by atoms with van der Waals surface area (Å²) in [5, 5.41) is 4.09. The molecule has 2 aromatic carbocycles. The lowest BCUT2D eigenvalue weighted by atomic mass is 10.1. The molecule has 1 saturated heterocycles. The fraction of sp³-hybridized carbons (Fsp3) is 0.269. The second-order valence-corrected chi connectivity index (χ2v) is 8.81. The average Bonchev–Trinajstić information content (AvgIpc) is 3.50. The van der Waals surface area contributed by atoms with Crippen molar-refractivity contribution in [2.24, 2.45) is 0 Å². The second kappa shape index (κ2) is 9.52. The quantitative estimate of drug-likeness (QED) is 0.395. The molecule has 1 fully saturated rings. The highest BCUT2D eigenvalue weighted by atomic mass is 35.5. The van der Waals surface area contributed by atoms with E-state index in [-0.39, 0.29) is 5.82 Å². The Morgan fingerprint density at radius 3 is 2.65 bits per heavy atom. The Kier molecular flexibility index (Phi) is 6.30. The molecule has 0 aliphatic carbocycles. The second-order valence-electron chi connectivity index (χ2n) is 8.40. The van der Waals surface area contributed by atoms with Crippen molar-refractivity contribution in [2.75, 3.05) is 32.2 Å². The lowest BCUT2D eigenvalue weighted by molar-refractivity contribution is 0.395. The number of hydrogen-bond acceptors (Lipinski definition) is 5. The minimum absolute atomic E-state index is 0.207. The first kappa shape index (κ1) is 22.5. The minimum Gasteiger partial charge on any atom is -0.496 e. The van der Waals surface area contributed by atoms with Crippen molar-refractivity contribution < 1.29 is 13.9 Å². The van der Waals surface area contributed by atoms with Crippen molar-refractivity contribution >= 4 is 22.9 Å². The van der Waals surface area contributed by atoms with E-state index in [0.29, 0.717) is 22.6 Å². The molecule has 0 radical (unpaired) electrons. The zero-order chi connectivity index (χ0) is 23.7. The molecule has 2 aromatic heterocycles. The van der Waals surface area contributed by atoms with Gasteiger partial charge in [-0.15, -0.1) is 0 Å². The molecule has 1 atom stereocenters. The zero-order valence-electron chi connectivity index (χ0n) is 19.1. The first-order valence-electron chi connectivity index (χ1n) is 11.2. The van der Waals surface area contributed by atoms with E-state index in [1.54, 1.807) is 20.3 Å². The van der Waals surface area contributed by atoms with Gasteiger partial charge in [-0.25, -0.2) is 9.37 Å². The minimum atomic E-state index is -0.207. The van der Waals surface area contributed by atoms with Gasteiger partial charge in [0.25, 0.3) is 0 Å². The van der Waals surface area contributed by atoms with Crippen LogP contribution in [-0.2, 0) is 6.54 Å². The highest BCUT2D eigenvalue weighted by Gasteiger charge is 2.23. The normalized spacial score (nSPS) is 15.8. The number of pyridine rings is 1. The molecule has 34 heavy (non-hydrogen) atoms. The lowest BCUT2D eigenvalue weighted by Gasteiger charge is -2.19. The van der Waals surface area contributed by atoms with E-state index >= 15 is 0 Å². The molecule has 5 rings (SSSR count). The number of benzene rings is 2. The van der Waals surface area contributed by atoms with Crippen LogP contribution in [0, 0.1) is 5.82 Å². The Morgan fingerprint density at radius 2 is 1.88 bits per heavy atom. The van der Waals surface area contributed by atoms with E-state index in [1.165, 1.54) is 12.1 Å². The number of imidazole rings is 1. The van der Waals surface area contributed by atoms with Crippen molar-refractivity contribution in [3.05, 3.63) is 77.3 Å². The van der Waals surface area contributed by atoms with Gasteiger partial charge in [0.05, 0.1) is 24.9 Å². The summed E-state index contributed by atoms with van der Waals surface area (Å²) in [5.74, 6) is 1.01. The van der Waals surface area contributed by atoms with E-state index in [4.69, 9.17) is 26.1 Å². The topological polar surface area (TPSA) is 51.0 Å². The first-order chi connectivity index (χ1) is 16.5. The summed E-state index contributed by atoms with van der Waals surface area (Å²) in [6, 6.07) is 14.8. The van der Waals surface area contributed by atoms with E-state index in [2.05, 4.69) is 22.3 Å². The van der Waals surface area contributed by atoms with Crippen LogP contribution in [0.2, 0.25) is 5.02 Å². The Bertz CT molecular complexity index is 1310. The molecular formula is C26H26ClFN4O2. The fourth-order valence-corrected chi connectivity index (χ4v) is 4.62. The van der Waals surface area contributed by atoms with E-state index < -0.39 is 0 Å². The highest BCUT2D eigenvalue weighted by Crippen LogP contribution is 2.38. The third-order valence-electron chi connectivity index (χ3n) is 6.26. The molecule has 4 aromatic rings. The highest BCUT2D eigenvalue weighted by molar-refractivity contribution is 6.32. The summed E-state index contributed by atoms with van der Waals surface area (Å²) in [7, 11) is 3.20. The van der Waals surface area contributed by atoms with Crippen molar-refractivity contribution in [1.82, 2.24) is 14.7 Å². The molecule has 1 aliphatic heterocycles. The van der Waals surface area contributed by atoms with Gasteiger partial charge in [-0.2, -0.15) is 0 Å². The predicted octanol–water partition coefficient (Wildman–Crippen LogP) is 5.18. The molecule has 176 valence electrons. The largest absolute Gasteiger partial charge is 0.496 e. The molecule has 6 nitrogen and oxygen atoms in total. The van der Waals surface area contributed by atoms with Gasteiger partial charge in [0.2, 0.25) is 0 Å². The van der Waals surface area contributed by atoms with Gasteiger partial charge in [-0.1, -0.05) is 23.7 Å². The third kappa shape index (κ3) is 4.54. The number of rotatable bonds is 7. The number of nitrogens with zero attached hydrogens (tertiary/aromatic N) is 3. The summed E-state index contributed by atoms with van der Waals surface area (Å²) >= 11 is 6.36. The van der Waals surface area contributed by atoms with Crippen LogP contribution in [0.25, 0.3) is 16.9 Å². The molecule has 0 amide bonds. The Balaban J connectivity index is 1.32. The van der Waals surface area contributed by atoms with Crippen LogP contribution < -0.4 is 19.7 Å². The SMILES string of the molecule is COc1cc(OC)c(-c2cn3ccc(N4CCC(NCc5ccc(F)cc5)C4)cc3n2)cc1Cl. The molecule has 0 bridgehead atoms. The van der Waals surface area contributed by atoms with E-state index in [0.717, 1.165) is 54.2 Å². The van der Waals surface area contributed by atoms with Crippen molar-refractivity contribution in [2.45, 2.75) is 19.0 Å². The van der Waals surface area contributed by atoms with E-state index in [1.807, 2.05) is 35.0 Å². The number of fused-ring (bicyclic) bond motifs is 1. The number of aromatic nitrogens is 2. The van der Waals surface area contributed by atoms with Crippen molar-refractivity contribution in [3.63, 3.8) is 0 Å². The van der Waals surface area contributed by atoms with Gasteiger partial charge in [-0.05, 0) is 36.2 Å². The lowest BCUT2D eigenvalue weighted by Crippen LogP contribution is -2.32. The maximum Gasteiger partial charge on any atom is 0.141 e. The monoisotopic (exact) mass is 480 g/mol. The number of halogens is 2. The Labute approximate surface area is 202 Å². The van der Waals surface area contributed by atoms with Crippen molar-refractivity contribution in [3.8, 4) is 22.8 Å². The number of methoxy groups -OCH3 is 2. The van der Waals surface area contributed by atoms with Crippen LogP contribution in [0.4, 0.5) is 10.1 Å². The summed E-state index contributed by atoms with van der Waals surface area (Å²) in [5.41, 5.74) is 4.66. The number of ether oxygens (including phenoxy) is 2. The van der Waals surface area contributed by atoms with Gasteiger partial charge in [0, 0.05) is 61.5 Å². The van der Waals surface area contributed by atoms with Gasteiger partial charge in [0.1, 0.15) is 23.0 Å². The van der Waals surface area contributed by atoms with Crippen LogP contribution in [-0.4, -0.2) is 42.7 Å². The molecule has 0 saturated carbocycles. The number of nitrogens with one attached hydrogen (secondary N) is 1. The van der Waals surface area contributed by atoms with Crippen LogP contribution in [0.5, 0.6) is 11.5 Å². The number of hydrogen-bond donors (Lipinski definition) is 1. The summed E-state index contributed by atoms with van der Waals surface area (Å²) < 4.78 is 26.0. The number of anilines is 1. The molecule has 1 unspecified atom stereocenters. The molecule has 1 aliphatic rings. The van der Waals surface area contributed by atoms with Crippen molar-refractivity contribution in [1.29, 1.82) is 0 Å². The average molecular weight is 481 g/mol. The maximum absolute atomic E-state index is 13.1. The standard InChI is InChI=1S/C26H26ClFN4O2/c1-33-24-13-25(34-2)22(27)12-21(24)23-16-32-10-8-20(11-26(32)30-23)31-9-7-19(15-31)29-14-17-3-5-18(28)6-4-17/h3-6,8,10-13,16,19,29H,7,9,14-15H2,1-2H3. The molecule has 3 heterocycles. The van der Waals surface area contributed by atoms with Crippen LogP contribution in [0.3, 0.4) is 0 Å². The van der Waals surface area contributed by atoms with Gasteiger partial charge >= 0.3 is 0 Å². The van der Waals surface area contributed by atoms with Crippen LogP contribution in [0.1, 0.15) is 12.0 Å². The first-order valence-corrected chi connectivity index (χ1v) is 11.6. The molecule has 0 spiro atoms. The van der Waals surface area contributed by atoms with Gasteiger partial charge < -0.3 is 24.1 Å². The third-order valence-corrected chi connectivity index (χ3v) is 6.55. The molecular weight excluding hydrogens is 455 g/mol. The summed E-state index contributed by atoms with van der Waals surface area (Å²) in [6.45, 7) is 2.60. The summed E-state index contributed by atoms with van der Waals surface area (Å²) in [6.07, 6.45) is 5.04. The van der Waals surface area contributed by atoms with Crippen LogP contribution >= 0.6 is 11.6 Å².